The number of urea groups is 1. The number of nitrogens with zero attached hydrogens (tertiary/aromatic N) is 2. The van der Waals surface area contributed by atoms with Gasteiger partial charge in [-0.25, -0.2) is 4.79 Å². The number of unbranched alkanes of at least 4 members (excludes halogenated alkanes) is 1. The summed E-state index contributed by atoms with van der Waals surface area (Å²) in [7, 11) is 0. The molecule has 4 heteroatoms. The molecular weight excluding hydrogens is 384 g/mol. The average Bonchev–Trinajstić information content (AvgIpc) is 3.20. The third-order valence-electron chi connectivity index (χ3n) is 6.94. The van der Waals surface area contributed by atoms with Gasteiger partial charge in [-0.05, 0) is 48.1 Å². The highest BCUT2D eigenvalue weighted by molar-refractivity contribution is 5.75. The van der Waals surface area contributed by atoms with Crippen molar-refractivity contribution < 1.29 is 9.53 Å². The van der Waals surface area contributed by atoms with Crippen molar-refractivity contribution >= 4 is 6.03 Å². The number of ether oxygens (including phenoxy) is 1. The van der Waals surface area contributed by atoms with Gasteiger partial charge < -0.3 is 14.5 Å². The second-order valence-corrected chi connectivity index (χ2v) is 9.55. The molecule has 0 radical (unpaired) electrons. The molecule has 2 saturated heterocycles. The van der Waals surface area contributed by atoms with Crippen LogP contribution in [0.1, 0.15) is 71.4 Å². The van der Waals surface area contributed by atoms with Crippen molar-refractivity contribution in [3.8, 4) is 0 Å². The second kappa shape index (κ2) is 13.8. The van der Waals surface area contributed by atoms with Gasteiger partial charge in [-0.2, -0.15) is 0 Å². The summed E-state index contributed by atoms with van der Waals surface area (Å²) in [5, 5.41) is 0. The van der Waals surface area contributed by atoms with Gasteiger partial charge in [0.1, 0.15) is 0 Å². The van der Waals surface area contributed by atoms with E-state index < -0.39 is 0 Å². The maximum absolute atomic E-state index is 12.2. The molecule has 0 spiro atoms. The van der Waals surface area contributed by atoms with E-state index in [4.69, 9.17) is 4.74 Å². The molecule has 1 aliphatic carbocycles. The van der Waals surface area contributed by atoms with Crippen molar-refractivity contribution in [3.63, 3.8) is 0 Å². The third kappa shape index (κ3) is 8.14. The number of carbonyl (C=O) groups is 1. The van der Waals surface area contributed by atoms with Gasteiger partial charge in [0.15, 0.2) is 0 Å². The Kier molecular flexibility index (Phi) is 11.4. The summed E-state index contributed by atoms with van der Waals surface area (Å²) in [5.74, 6) is 2.23. The highest BCUT2D eigenvalue weighted by Gasteiger charge is 2.33. The predicted molar refractivity (Wildman–Crippen MR) is 131 cm³/mol. The molecular formula is C27H46N2O2. The van der Waals surface area contributed by atoms with Crippen LogP contribution in [0.5, 0.6) is 0 Å². The molecule has 2 heterocycles. The summed E-state index contributed by atoms with van der Waals surface area (Å²) in [6.45, 7) is 15.9. The van der Waals surface area contributed by atoms with Crippen LogP contribution in [0.2, 0.25) is 0 Å². The van der Waals surface area contributed by atoms with E-state index in [-0.39, 0.29) is 6.03 Å². The first-order valence-electron chi connectivity index (χ1n) is 12.7. The van der Waals surface area contributed by atoms with E-state index in [9.17, 15) is 4.79 Å². The van der Waals surface area contributed by atoms with Gasteiger partial charge in [-0.3, -0.25) is 0 Å². The van der Waals surface area contributed by atoms with Crippen LogP contribution in [-0.4, -0.2) is 55.2 Å². The molecule has 3 atom stereocenters. The van der Waals surface area contributed by atoms with Crippen molar-refractivity contribution in [2.24, 2.45) is 17.8 Å². The smallest absolute Gasteiger partial charge is 0.320 e. The number of fused-ring (bicyclic) bond motifs is 1. The SMILES string of the molecule is CC1CCc2ccccc2C1.CCCC.CC[C@H]1CN(C(=O)N2CCOCC2)CC1C. The summed E-state index contributed by atoms with van der Waals surface area (Å²) in [6, 6.07) is 9.05. The number of hydrogen-bond donors (Lipinski definition) is 0. The van der Waals surface area contributed by atoms with Crippen molar-refractivity contribution in [1.82, 2.24) is 9.80 Å². The van der Waals surface area contributed by atoms with E-state index in [0.717, 1.165) is 32.1 Å². The van der Waals surface area contributed by atoms with Crippen LogP contribution in [0, 0.1) is 17.8 Å². The molecule has 176 valence electrons. The van der Waals surface area contributed by atoms with Crippen LogP contribution in [0.25, 0.3) is 0 Å². The lowest BCUT2D eigenvalue weighted by Crippen LogP contribution is -2.47. The van der Waals surface area contributed by atoms with Crippen LogP contribution in [-0.2, 0) is 17.6 Å². The van der Waals surface area contributed by atoms with Crippen molar-refractivity contribution in [1.29, 1.82) is 0 Å². The molecule has 0 bridgehead atoms. The first-order valence-corrected chi connectivity index (χ1v) is 12.7. The van der Waals surface area contributed by atoms with E-state index in [0.29, 0.717) is 25.0 Å². The van der Waals surface area contributed by atoms with Crippen LogP contribution in [0.15, 0.2) is 24.3 Å². The van der Waals surface area contributed by atoms with E-state index >= 15 is 0 Å². The molecule has 2 aliphatic heterocycles. The van der Waals surface area contributed by atoms with Crippen LogP contribution >= 0.6 is 0 Å². The molecule has 1 aromatic rings. The molecule has 1 aromatic carbocycles. The van der Waals surface area contributed by atoms with E-state index in [1.54, 1.807) is 11.1 Å². The standard InChI is InChI=1S/C12H22N2O2.C11H14.C4H10/c1-3-11-9-14(8-10(11)2)12(15)13-4-6-16-7-5-13;1-9-6-7-10-4-2-3-5-11(10)8-9;1-3-4-2/h10-11H,3-9H2,1-2H3;2-5,9H,6-8H2,1H3;3-4H2,1-2H3/t10?,11-;;/m0../s1. The topological polar surface area (TPSA) is 32.8 Å². The van der Waals surface area contributed by atoms with E-state index in [2.05, 4.69) is 58.9 Å². The molecule has 2 amide bonds. The normalized spacial score (nSPS) is 25.0. The fourth-order valence-electron chi connectivity index (χ4n) is 4.56. The molecule has 2 fully saturated rings. The summed E-state index contributed by atoms with van der Waals surface area (Å²) in [4.78, 5) is 16.1. The number of morpholine rings is 1. The van der Waals surface area contributed by atoms with Gasteiger partial charge in [-0.1, -0.05) is 78.1 Å². The largest absolute Gasteiger partial charge is 0.378 e. The predicted octanol–water partition coefficient (Wildman–Crippen LogP) is 6.03. The van der Waals surface area contributed by atoms with Gasteiger partial charge in [0.25, 0.3) is 0 Å². The van der Waals surface area contributed by atoms with Crippen molar-refractivity contribution in [2.75, 3.05) is 39.4 Å². The Morgan fingerprint density at radius 3 is 2.19 bits per heavy atom. The van der Waals surface area contributed by atoms with Gasteiger partial charge in [0, 0.05) is 26.2 Å². The summed E-state index contributed by atoms with van der Waals surface area (Å²) < 4.78 is 5.26. The first kappa shape index (κ1) is 25.7. The molecule has 4 nitrogen and oxygen atoms in total. The lowest BCUT2D eigenvalue weighted by Gasteiger charge is -2.31. The highest BCUT2D eigenvalue weighted by atomic mass is 16.5. The Morgan fingerprint density at radius 2 is 1.61 bits per heavy atom. The number of likely N-dealkylation sites (tertiary alicyclic amines) is 1. The number of hydrogen-bond acceptors (Lipinski definition) is 2. The van der Waals surface area contributed by atoms with Gasteiger partial charge >= 0.3 is 6.03 Å². The number of benzene rings is 1. The summed E-state index contributed by atoms with van der Waals surface area (Å²) in [5.41, 5.74) is 3.15. The molecule has 4 rings (SSSR count). The monoisotopic (exact) mass is 430 g/mol. The maximum atomic E-state index is 12.2. The zero-order chi connectivity index (χ0) is 22.6. The molecule has 2 unspecified atom stereocenters. The van der Waals surface area contributed by atoms with Crippen molar-refractivity contribution in [3.05, 3.63) is 35.4 Å². The fraction of sp³-hybridized carbons (Fsp3) is 0.741. The molecule has 3 aliphatic rings. The Balaban J connectivity index is 0.000000197. The Bertz CT molecular complexity index is 640. The van der Waals surface area contributed by atoms with Crippen LogP contribution in [0.4, 0.5) is 4.79 Å². The highest BCUT2D eigenvalue weighted by Crippen LogP contribution is 2.26. The zero-order valence-electron chi connectivity index (χ0n) is 20.7. The Hall–Kier alpha value is -1.55. The minimum Gasteiger partial charge on any atom is -0.378 e. The quantitative estimate of drug-likeness (QED) is 0.573. The Labute approximate surface area is 191 Å². The number of amides is 2. The number of rotatable bonds is 2. The Morgan fingerprint density at radius 1 is 0.968 bits per heavy atom. The zero-order valence-corrected chi connectivity index (χ0v) is 20.7. The second-order valence-electron chi connectivity index (χ2n) is 9.55. The summed E-state index contributed by atoms with van der Waals surface area (Å²) in [6.07, 6.45) is 7.76. The van der Waals surface area contributed by atoms with E-state index in [1.807, 2.05) is 9.80 Å². The minimum atomic E-state index is 0.214. The molecule has 0 N–H and O–H groups in total. The molecule has 0 aromatic heterocycles. The van der Waals surface area contributed by atoms with Gasteiger partial charge in [0.2, 0.25) is 0 Å². The van der Waals surface area contributed by atoms with Crippen LogP contribution < -0.4 is 0 Å². The maximum Gasteiger partial charge on any atom is 0.320 e. The fourth-order valence-corrected chi connectivity index (χ4v) is 4.56. The van der Waals surface area contributed by atoms with E-state index in [1.165, 1.54) is 38.5 Å². The first-order chi connectivity index (χ1) is 15.0. The minimum absolute atomic E-state index is 0.214. The average molecular weight is 431 g/mol. The number of carbonyl (C=O) groups excluding carboxylic acids is 1. The van der Waals surface area contributed by atoms with Crippen LogP contribution in [0.3, 0.4) is 0 Å². The number of aryl methyl sites for hydroxylation is 1. The summed E-state index contributed by atoms with van der Waals surface area (Å²) >= 11 is 0. The lowest BCUT2D eigenvalue weighted by atomic mass is 9.85. The third-order valence-corrected chi connectivity index (χ3v) is 6.94. The lowest BCUT2D eigenvalue weighted by molar-refractivity contribution is 0.0447. The van der Waals surface area contributed by atoms with Gasteiger partial charge in [-0.15, -0.1) is 0 Å². The molecule has 0 saturated carbocycles. The van der Waals surface area contributed by atoms with Gasteiger partial charge in [0.05, 0.1) is 13.2 Å². The molecule has 31 heavy (non-hydrogen) atoms. The van der Waals surface area contributed by atoms with Crippen molar-refractivity contribution in [2.45, 2.75) is 73.1 Å².